The van der Waals surface area contributed by atoms with Gasteiger partial charge in [0.05, 0.1) is 46.4 Å². The smallest absolute Gasteiger partial charge is 0.356 e. The molecule has 2 aliphatic rings. The normalized spacial score (nSPS) is 15.7. The number of carbonyl (C=O) groups is 4. The van der Waals surface area contributed by atoms with E-state index in [1.165, 1.54) is 31.8 Å². The number of phosphoric ester groups is 1. The quantitative estimate of drug-likeness (QED) is 0.0180. The molecule has 6 N–H and O–H groups in total. The fraction of sp³-hybridized carbons (Fsp3) is 0.456. The van der Waals surface area contributed by atoms with E-state index >= 15 is 4.39 Å². The lowest BCUT2D eigenvalue weighted by atomic mass is 9.85. The second-order valence-corrected chi connectivity index (χ2v) is 26.5. The number of rotatable bonds is 25. The van der Waals surface area contributed by atoms with Crippen LogP contribution >= 0.6 is 19.2 Å². The zero-order valence-electron chi connectivity index (χ0n) is 47.1. The molecule has 0 radical (unpaired) electrons. The zero-order valence-corrected chi connectivity index (χ0v) is 49.7. The SMILES string of the molecule is Cc1ncsc1-c1ccc(CNC(=O)[C@@H]2C[C@@H](OCOP(=O)(O)O)CN2C(=O)[C@@H](NC(=O)CCCCCCCCCCNC(=O)c2cc3c(cc2CS(C)(=O)=O)-c2cn(C)c(=O)c4[nH]cc(c24)CN3c2ncc(F)cc2F)C(C)(C)C)cc1. The van der Waals surface area contributed by atoms with Crippen molar-refractivity contribution in [2.24, 2.45) is 12.5 Å². The van der Waals surface area contributed by atoms with Gasteiger partial charge in [0, 0.05) is 86.3 Å². The number of H-pyrrole nitrogens is 1. The van der Waals surface area contributed by atoms with Crippen LogP contribution in [0.1, 0.15) is 118 Å². The number of fused-ring (bicyclic) bond motifs is 2. The van der Waals surface area contributed by atoms with Crippen LogP contribution in [0.15, 0.2) is 71.4 Å². The van der Waals surface area contributed by atoms with Gasteiger partial charge < -0.3 is 49.8 Å². The van der Waals surface area contributed by atoms with Gasteiger partial charge >= 0.3 is 7.82 Å². The van der Waals surface area contributed by atoms with Gasteiger partial charge in [0.15, 0.2) is 28.3 Å². The predicted molar refractivity (Wildman–Crippen MR) is 310 cm³/mol. The Balaban J connectivity index is 0.813. The van der Waals surface area contributed by atoms with Crippen molar-refractivity contribution >= 4 is 75.0 Å². The Labute approximate surface area is 483 Å². The first-order valence-electron chi connectivity index (χ1n) is 27.4. The number of sulfone groups is 1. The molecular weight excluding hydrogens is 1140 g/mol. The van der Waals surface area contributed by atoms with Crippen molar-refractivity contribution < 1.29 is 60.0 Å². The topological polar surface area (TPSA) is 285 Å². The lowest BCUT2D eigenvalue weighted by Crippen LogP contribution is -2.57. The van der Waals surface area contributed by atoms with E-state index in [2.05, 4.69) is 35.4 Å². The van der Waals surface area contributed by atoms with Gasteiger partial charge in [0.1, 0.15) is 23.4 Å². The van der Waals surface area contributed by atoms with Gasteiger partial charge in [-0.15, -0.1) is 11.3 Å². The van der Waals surface area contributed by atoms with Crippen molar-refractivity contribution in [1.82, 2.24) is 40.4 Å². The lowest BCUT2D eigenvalue weighted by Gasteiger charge is -2.35. The number of halogens is 2. The van der Waals surface area contributed by atoms with Crippen LogP contribution in [0.2, 0.25) is 0 Å². The molecule has 446 valence electrons. The second-order valence-electron chi connectivity index (χ2n) is 22.3. The van der Waals surface area contributed by atoms with Crippen LogP contribution in [0.5, 0.6) is 0 Å². The van der Waals surface area contributed by atoms with Crippen LogP contribution in [-0.4, -0.2) is 111 Å². The number of nitrogens with one attached hydrogen (secondary N) is 4. The standard InChI is InChI=1S/C57H70F2N9O12PS2/c1-34-50(82-32-64-34)36-18-16-35(17-19-36)25-63-54(71)46-23-40(79-33-80-81(74,75)76)29-68(46)56(73)51(57(2,3)4)65-47(69)15-13-11-9-7-8-10-12-14-20-60-53(70)41-24-45-42(21-37(41)31-83(6,77)78)43-30-66(5)55(72)49-48(43)38(26-61-49)28-67(45)52-44(59)22-39(58)27-62-52/h16-19,21-22,24,26-27,30,32,40,46,51,61H,7-15,20,23,25,28-29,31,33H2,1-6H3,(H,60,70)(H,63,71)(H,65,69)(H2,74,75,76)/t40-,46+,51-/m1/s1. The number of carbonyl (C=O) groups excluding carboxylic acids is 4. The van der Waals surface area contributed by atoms with E-state index in [-0.39, 0.29) is 72.9 Å². The summed E-state index contributed by atoms with van der Waals surface area (Å²) in [5.74, 6) is -4.40. The fourth-order valence-corrected chi connectivity index (χ4v) is 12.4. The number of pyridine rings is 2. The highest BCUT2D eigenvalue weighted by molar-refractivity contribution is 7.89. The van der Waals surface area contributed by atoms with Gasteiger partial charge in [-0.05, 0) is 59.6 Å². The maximum Gasteiger partial charge on any atom is 0.471 e. The Bertz CT molecular complexity index is 3600. The molecule has 0 aliphatic carbocycles. The van der Waals surface area contributed by atoms with Gasteiger partial charge in [-0.1, -0.05) is 83.6 Å². The van der Waals surface area contributed by atoms with Crippen LogP contribution in [0, 0.1) is 24.0 Å². The number of aromatic nitrogens is 4. The molecule has 2 aliphatic heterocycles. The predicted octanol–water partition coefficient (Wildman–Crippen LogP) is 7.98. The summed E-state index contributed by atoms with van der Waals surface area (Å²) >= 11 is 1.53. The van der Waals surface area contributed by atoms with E-state index in [1.54, 1.807) is 51.8 Å². The van der Waals surface area contributed by atoms with E-state index in [0.29, 0.717) is 46.7 Å². The number of benzene rings is 2. The number of likely N-dealkylation sites (tertiary alicyclic amines) is 1. The van der Waals surface area contributed by atoms with Gasteiger partial charge in [-0.2, -0.15) is 0 Å². The molecule has 0 bridgehead atoms. The number of hydrogen-bond acceptors (Lipinski definition) is 14. The van der Waals surface area contributed by atoms with Crippen molar-refractivity contribution in [1.29, 1.82) is 0 Å². The molecule has 8 rings (SSSR count). The van der Waals surface area contributed by atoms with Crippen LogP contribution in [0.4, 0.5) is 20.3 Å². The van der Waals surface area contributed by atoms with Crippen LogP contribution in [0.25, 0.3) is 32.5 Å². The largest absolute Gasteiger partial charge is 0.471 e. The van der Waals surface area contributed by atoms with Gasteiger partial charge in [0.2, 0.25) is 17.7 Å². The third-order valence-electron chi connectivity index (χ3n) is 14.8. The highest BCUT2D eigenvalue weighted by atomic mass is 32.2. The summed E-state index contributed by atoms with van der Waals surface area (Å²) in [5.41, 5.74) is 5.82. The van der Waals surface area contributed by atoms with E-state index in [4.69, 9.17) is 4.74 Å². The molecule has 26 heteroatoms. The van der Waals surface area contributed by atoms with Crippen LogP contribution < -0.4 is 26.4 Å². The molecule has 0 saturated carbocycles. The van der Waals surface area contributed by atoms with E-state index < -0.39 is 83.2 Å². The number of hydrogen-bond donors (Lipinski definition) is 6. The number of ether oxygens (including phenoxy) is 1. The summed E-state index contributed by atoms with van der Waals surface area (Å²) < 4.78 is 78.2. The maximum atomic E-state index is 15.6. The average molecular weight is 1210 g/mol. The minimum Gasteiger partial charge on any atom is -0.356 e. The molecule has 6 aromatic rings. The van der Waals surface area contributed by atoms with E-state index in [9.17, 15) is 51.1 Å². The van der Waals surface area contributed by atoms with Gasteiger partial charge in [-0.3, -0.25) is 28.5 Å². The van der Waals surface area contributed by atoms with Gasteiger partial charge in [-0.25, -0.2) is 31.7 Å². The third-order valence-corrected chi connectivity index (χ3v) is 17.0. The van der Waals surface area contributed by atoms with E-state index in [0.717, 1.165) is 72.7 Å². The third kappa shape index (κ3) is 15.7. The highest BCUT2D eigenvalue weighted by Crippen LogP contribution is 2.45. The number of unbranched alkanes of at least 4 members (excludes halogenated alkanes) is 7. The zero-order chi connectivity index (χ0) is 60.0. The molecule has 1 saturated heterocycles. The summed E-state index contributed by atoms with van der Waals surface area (Å²) in [6, 6.07) is 9.42. The number of nitrogens with zero attached hydrogens (tertiary/aromatic N) is 5. The minimum atomic E-state index is -4.85. The van der Waals surface area contributed by atoms with Crippen molar-refractivity contribution in [3.63, 3.8) is 0 Å². The first-order chi connectivity index (χ1) is 39.3. The molecule has 0 spiro atoms. The first-order valence-corrected chi connectivity index (χ1v) is 31.8. The first kappa shape index (κ1) is 62.3. The molecule has 2 aromatic carbocycles. The van der Waals surface area contributed by atoms with Crippen molar-refractivity contribution in [2.45, 2.75) is 129 Å². The molecule has 0 unspecified atom stereocenters. The van der Waals surface area contributed by atoms with E-state index in [1.807, 2.05) is 31.2 Å². The molecule has 3 atom stereocenters. The number of amides is 4. The van der Waals surface area contributed by atoms with Crippen LogP contribution in [0.3, 0.4) is 0 Å². The average Bonchev–Trinajstić information content (AvgIpc) is 2.16. The maximum absolute atomic E-state index is 15.6. The van der Waals surface area contributed by atoms with Gasteiger partial charge in [0.25, 0.3) is 11.5 Å². The number of aryl methyl sites for hydroxylation is 2. The number of anilines is 2. The van der Waals surface area contributed by atoms with Crippen molar-refractivity contribution in [3.05, 3.63) is 117 Å². The summed E-state index contributed by atoms with van der Waals surface area (Å²) in [6.07, 6.45) is 10.8. The van der Waals surface area contributed by atoms with Crippen LogP contribution in [-0.2, 0) is 63.9 Å². The molecule has 6 heterocycles. The minimum absolute atomic E-state index is 0.0178. The van der Waals surface area contributed by atoms with Crippen molar-refractivity contribution in [3.8, 4) is 21.6 Å². The molecular formula is C57H70F2N9O12PS2. The summed E-state index contributed by atoms with van der Waals surface area (Å²) in [4.78, 5) is 103. The monoisotopic (exact) mass is 1210 g/mol. The second kappa shape index (κ2) is 26.5. The summed E-state index contributed by atoms with van der Waals surface area (Å²) in [5, 5.41) is 9.30. The Morgan fingerprint density at radius 2 is 1.66 bits per heavy atom. The Morgan fingerprint density at radius 3 is 2.31 bits per heavy atom. The molecule has 83 heavy (non-hydrogen) atoms. The number of aromatic amines is 1. The number of phosphoric acid groups is 1. The summed E-state index contributed by atoms with van der Waals surface area (Å²) in [7, 11) is -6.97. The molecule has 4 amide bonds. The number of thiazole rings is 1. The lowest BCUT2D eigenvalue weighted by molar-refractivity contribution is -0.144. The Hall–Kier alpha value is -6.73. The fourth-order valence-electron chi connectivity index (χ4n) is 10.6. The Kier molecular flexibility index (Phi) is 19.9. The summed E-state index contributed by atoms with van der Waals surface area (Å²) in [6.45, 7) is 6.92. The molecule has 4 aromatic heterocycles. The van der Waals surface area contributed by atoms with Crippen molar-refractivity contribution in [2.75, 3.05) is 31.0 Å². The molecule has 21 nitrogen and oxygen atoms in total. The Morgan fingerprint density at radius 1 is 0.964 bits per heavy atom. The highest BCUT2D eigenvalue weighted by Gasteiger charge is 2.45. The molecule has 1 fully saturated rings.